The van der Waals surface area contributed by atoms with E-state index in [1.807, 2.05) is 39.0 Å². The Bertz CT molecular complexity index is 702. The Morgan fingerprint density at radius 2 is 1.88 bits per heavy atom. The van der Waals surface area contributed by atoms with Crippen LogP contribution in [0.2, 0.25) is 0 Å². The Labute approximate surface area is 141 Å². The number of ether oxygens (including phenoxy) is 1. The summed E-state index contributed by atoms with van der Waals surface area (Å²) in [5.41, 5.74) is 0.860. The number of nitrogens with one attached hydrogen (secondary N) is 1. The lowest BCUT2D eigenvalue weighted by Gasteiger charge is -2.25. The van der Waals surface area contributed by atoms with Crippen molar-refractivity contribution in [2.75, 3.05) is 12.4 Å². The van der Waals surface area contributed by atoms with E-state index in [1.165, 1.54) is 11.2 Å². The molecule has 0 spiro atoms. The summed E-state index contributed by atoms with van der Waals surface area (Å²) in [5.74, 6) is -0.113. The molecule has 1 N–H and O–H groups in total. The molecule has 0 atom stereocenters. The smallest absolute Gasteiger partial charge is 0.410 e. The predicted molar refractivity (Wildman–Crippen MR) is 90.8 cm³/mol. The van der Waals surface area contributed by atoms with Crippen molar-refractivity contribution in [3.05, 3.63) is 54.0 Å². The highest BCUT2D eigenvalue weighted by molar-refractivity contribution is 6.02. The lowest BCUT2D eigenvalue weighted by Crippen LogP contribution is -2.34. The van der Waals surface area contributed by atoms with E-state index in [4.69, 9.17) is 9.15 Å². The monoisotopic (exact) mass is 330 g/mol. The fourth-order valence-corrected chi connectivity index (χ4v) is 2.03. The standard InChI is InChI=1S/C18H22N2O4/c1-18(2,3)24-17(22)20(4)12-13-8-5-6-9-14(13)19-16(21)15-10-7-11-23-15/h5-11H,12H2,1-4H3,(H,19,21). The minimum atomic E-state index is -0.557. The number of rotatable bonds is 4. The van der Waals surface area contributed by atoms with Crippen molar-refractivity contribution in [3.8, 4) is 0 Å². The van der Waals surface area contributed by atoms with E-state index < -0.39 is 11.7 Å². The van der Waals surface area contributed by atoms with Gasteiger partial charge in [-0.05, 0) is 44.5 Å². The zero-order chi connectivity index (χ0) is 17.7. The molecule has 128 valence electrons. The summed E-state index contributed by atoms with van der Waals surface area (Å²) < 4.78 is 10.4. The maximum Gasteiger partial charge on any atom is 0.410 e. The lowest BCUT2D eigenvalue weighted by molar-refractivity contribution is 0.0285. The van der Waals surface area contributed by atoms with Crippen molar-refractivity contribution >= 4 is 17.7 Å². The molecule has 0 aliphatic carbocycles. The molecule has 0 saturated heterocycles. The molecule has 0 aliphatic heterocycles. The molecule has 6 heteroatoms. The summed E-state index contributed by atoms with van der Waals surface area (Å²) in [6.45, 7) is 5.76. The molecule has 2 rings (SSSR count). The van der Waals surface area contributed by atoms with Gasteiger partial charge in [0.05, 0.1) is 12.8 Å². The number of hydrogen-bond acceptors (Lipinski definition) is 4. The van der Waals surface area contributed by atoms with Gasteiger partial charge >= 0.3 is 6.09 Å². The highest BCUT2D eigenvalue weighted by Gasteiger charge is 2.20. The second-order valence-electron chi connectivity index (χ2n) is 6.42. The topological polar surface area (TPSA) is 71.8 Å². The van der Waals surface area contributed by atoms with Crippen LogP contribution in [0.15, 0.2) is 47.1 Å². The van der Waals surface area contributed by atoms with Crippen molar-refractivity contribution in [2.24, 2.45) is 0 Å². The highest BCUT2D eigenvalue weighted by atomic mass is 16.6. The number of furan rings is 1. The molecule has 6 nitrogen and oxygen atoms in total. The Morgan fingerprint density at radius 1 is 1.17 bits per heavy atom. The zero-order valence-corrected chi connectivity index (χ0v) is 14.3. The summed E-state index contributed by atoms with van der Waals surface area (Å²) in [5, 5.41) is 2.79. The molecule has 0 fully saturated rings. The van der Waals surface area contributed by atoms with Crippen LogP contribution in [-0.4, -0.2) is 29.5 Å². The van der Waals surface area contributed by atoms with E-state index in [9.17, 15) is 9.59 Å². The van der Waals surface area contributed by atoms with Gasteiger partial charge in [-0.1, -0.05) is 18.2 Å². The van der Waals surface area contributed by atoms with Crippen molar-refractivity contribution in [1.82, 2.24) is 4.90 Å². The third kappa shape index (κ3) is 4.87. The average molecular weight is 330 g/mol. The first-order chi connectivity index (χ1) is 11.3. The van der Waals surface area contributed by atoms with Gasteiger partial charge in [0.1, 0.15) is 5.60 Å². The predicted octanol–water partition coefficient (Wildman–Crippen LogP) is 3.90. The molecule has 0 radical (unpaired) electrons. The van der Waals surface area contributed by atoms with Crippen LogP contribution in [0.4, 0.5) is 10.5 Å². The van der Waals surface area contributed by atoms with Crippen LogP contribution in [0, 0.1) is 0 Å². The Morgan fingerprint density at radius 3 is 2.50 bits per heavy atom. The van der Waals surface area contributed by atoms with Crippen molar-refractivity contribution in [1.29, 1.82) is 0 Å². The number of benzene rings is 1. The van der Waals surface area contributed by atoms with E-state index in [0.717, 1.165) is 5.56 Å². The molecule has 1 heterocycles. The Kier molecular flexibility index (Phi) is 5.28. The average Bonchev–Trinajstić information content (AvgIpc) is 3.01. The van der Waals surface area contributed by atoms with E-state index >= 15 is 0 Å². The summed E-state index contributed by atoms with van der Waals surface area (Å²) in [6.07, 6.45) is 1.02. The van der Waals surface area contributed by atoms with Crippen LogP contribution in [-0.2, 0) is 11.3 Å². The number of nitrogens with zero attached hydrogens (tertiary/aromatic N) is 1. The largest absolute Gasteiger partial charge is 0.459 e. The number of amides is 2. The maximum absolute atomic E-state index is 12.1. The number of para-hydroxylation sites is 1. The van der Waals surface area contributed by atoms with Crippen LogP contribution < -0.4 is 5.32 Å². The summed E-state index contributed by atoms with van der Waals surface area (Å²) in [4.78, 5) is 25.7. The lowest BCUT2D eigenvalue weighted by atomic mass is 10.1. The molecule has 0 unspecified atom stereocenters. The Balaban J connectivity index is 2.08. The maximum atomic E-state index is 12.1. The molecule has 0 aliphatic rings. The van der Waals surface area contributed by atoms with Gasteiger partial charge in [0.15, 0.2) is 5.76 Å². The first kappa shape index (κ1) is 17.6. The molecule has 1 aromatic heterocycles. The fourth-order valence-electron chi connectivity index (χ4n) is 2.03. The number of carbonyl (C=O) groups excluding carboxylic acids is 2. The molecule has 24 heavy (non-hydrogen) atoms. The summed E-state index contributed by atoms with van der Waals surface area (Å²) >= 11 is 0. The van der Waals surface area contributed by atoms with Crippen LogP contribution >= 0.6 is 0 Å². The molecule has 0 saturated carbocycles. The number of hydrogen-bond donors (Lipinski definition) is 1. The SMILES string of the molecule is CN(Cc1ccccc1NC(=O)c1ccco1)C(=O)OC(C)(C)C. The molecular formula is C18H22N2O4. The van der Waals surface area contributed by atoms with Crippen molar-refractivity contribution in [3.63, 3.8) is 0 Å². The fraction of sp³-hybridized carbons (Fsp3) is 0.333. The van der Waals surface area contributed by atoms with E-state index in [1.54, 1.807) is 25.2 Å². The quantitative estimate of drug-likeness (QED) is 0.923. The first-order valence-electron chi connectivity index (χ1n) is 7.63. The highest BCUT2D eigenvalue weighted by Crippen LogP contribution is 2.19. The van der Waals surface area contributed by atoms with Crippen LogP contribution in [0.25, 0.3) is 0 Å². The third-order valence-electron chi connectivity index (χ3n) is 3.12. The van der Waals surface area contributed by atoms with Gasteiger partial charge in [-0.25, -0.2) is 4.79 Å². The third-order valence-corrected chi connectivity index (χ3v) is 3.12. The van der Waals surface area contributed by atoms with Gasteiger partial charge in [-0.15, -0.1) is 0 Å². The Hall–Kier alpha value is -2.76. The molecule has 2 amide bonds. The van der Waals surface area contributed by atoms with Gasteiger partial charge in [0, 0.05) is 12.7 Å². The van der Waals surface area contributed by atoms with Crippen LogP contribution in [0.1, 0.15) is 36.9 Å². The normalized spacial score (nSPS) is 11.0. The van der Waals surface area contributed by atoms with Gasteiger partial charge in [0.25, 0.3) is 5.91 Å². The van der Waals surface area contributed by atoms with E-state index in [0.29, 0.717) is 12.2 Å². The zero-order valence-electron chi connectivity index (χ0n) is 14.3. The second kappa shape index (κ2) is 7.21. The molecule has 0 bridgehead atoms. The second-order valence-corrected chi connectivity index (χ2v) is 6.42. The minimum Gasteiger partial charge on any atom is -0.459 e. The summed E-state index contributed by atoms with van der Waals surface area (Å²) in [7, 11) is 1.65. The van der Waals surface area contributed by atoms with Gasteiger partial charge < -0.3 is 19.4 Å². The summed E-state index contributed by atoms with van der Waals surface area (Å²) in [6, 6.07) is 10.5. The van der Waals surface area contributed by atoms with E-state index in [-0.39, 0.29) is 11.7 Å². The van der Waals surface area contributed by atoms with Crippen molar-refractivity contribution < 1.29 is 18.7 Å². The van der Waals surface area contributed by atoms with Gasteiger partial charge in [-0.2, -0.15) is 0 Å². The van der Waals surface area contributed by atoms with Crippen molar-refractivity contribution in [2.45, 2.75) is 32.9 Å². The number of anilines is 1. The van der Waals surface area contributed by atoms with Crippen LogP contribution in [0.5, 0.6) is 0 Å². The molecule has 2 aromatic rings. The van der Waals surface area contributed by atoms with E-state index in [2.05, 4.69) is 5.32 Å². The molecule has 1 aromatic carbocycles. The first-order valence-corrected chi connectivity index (χ1v) is 7.63. The van der Waals surface area contributed by atoms with Crippen LogP contribution in [0.3, 0.4) is 0 Å². The van der Waals surface area contributed by atoms with Gasteiger partial charge in [0.2, 0.25) is 0 Å². The molecular weight excluding hydrogens is 308 g/mol. The minimum absolute atomic E-state index is 0.227. The number of carbonyl (C=O) groups is 2. The van der Waals surface area contributed by atoms with Gasteiger partial charge in [-0.3, -0.25) is 4.79 Å².